The SMILES string of the molecule is Cc1ccc(C)cc1.SNC(c1ccccc1)C(NCCCC1=CCC=CC1)c1ccccc1. The molecule has 2 N–H and O–H groups in total. The second-order valence-electron chi connectivity index (χ2n) is 8.89. The van der Waals surface area contributed by atoms with Gasteiger partial charge in [0.2, 0.25) is 0 Å². The zero-order valence-corrected chi connectivity index (χ0v) is 21.3. The first kappa shape index (κ1) is 26.0. The molecule has 0 fully saturated rings. The summed E-state index contributed by atoms with van der Waals surface area (Å²) in [7, 11) is 0. The van der Waals surface area contributed by atoms with Crippen molar-refractivity contribution in [3.8, 4) is 0 Å². The first-order valence-corrected chi connectivity index (χ1v) is 12.7. The number of nitrogens with one attached hydrogen (secondary N) is 2. The number of rotatable bonds is 9. The highest BCUT2D eigenvalue weighted by atomic mass is 32.1. The van der Waals surface area contributed by atoms with E-state index >= 15 is 0 Å². The summed E-state index contributed by atoms with van der Waals surface area (Å²) in [5.41, 5.74) is 6.75. The van der Waals surface area contributed by atoms with Gasteiger partial charge in [-0.1, -0.05) is 133 Å². The smallest absolute Gasteiger partial charge is 0.0614 e. The molecular formula is C31H38N2S. The molecular weight excluding hydrogens is 432 g/mol. The molecule has 0 aromatic heterocycles. The summed E-state index contributed by atoms with van der Waals surface area (Å²) in [6.07, 6.45) is 11.4. The maximum absolute atomic E-state index is 4.44. The van der Waals surface area contributed by atoms with Crippen LogP contribution in [0.1, 0.15) is 60.0 Å². The van der Waals surface area contributed by atoms with Gasteiger partial charge in [0, 0.05) is 0 Å². The minimum absolute atomic E-state index is 0.110. The van der Waals surface area contributed by atoms with Crippen LogP contribution >= 0.6 is 12.8 Å². The molecule has 0 saturated heterocycles. The molecule has 1 aliphatic carbocycles. The Labute approximate surface area is 211 Å². The molecule has 1 aliphatic rings. The number of benzene rings is 3. The summed E-state index contributed by atoms with van der Waals surface area (Å²) in [5, 5.41) is 3.77. The Balaban J connectivity index is 0.000000343. The van der Waals surface area contributed by atoms with Gasteiger partial charge in [0.25, 0.3) is 0 Å². The van der Waals surface area contributed by atoms with Gasteiger partial charge >= 0.3 is 0 Å². The third-order valence-electron chi connectivity index (χ3n) is 6.14. The average Bonchev–Trinajstić information content (AvgIpc) is 2.90. The number of hydrogen-bond donors (Lipinski definition) is 3. The largest absolute Gasteiger partial charge is 0.308 e. The standard InChI is InChI=1S/C23H28N2S.C8H10/c26-25-23(21-16-8-3-9-17-21)22(20-14-6-2-7-15-20)24-18-10-13-19-11-4-1-5-12-19;1-7-3-5-8(2)6-4-7/h1-4,6-9,12,14-17,22-26H,5,10-11,13,18H2;3-6H,1-2H3. The van der Waals surface area contributed by atoms with Gasteiger partial charge in [-0.25, -0.2) is 0 Å². The van der Waals surface area contributed by atoms with Crippen LogP contribution in [0, 0.1) is 13.8 Å². The monoisotopic (exact) mass is 470 g/mol. The Bertz CT molecular complexity index is 989. The third kappa shape index (κ3) is 8.64. The van der Waals surface area contributed by atoms with Gasteiger partial charge in [-0.2, -0.15) is 0 Å². The molecule has 3 aromatic carbocycles. The van der Waals surface area contributed by atoms with E-state index in [1.54, 1.807) is 5.57 Å². The molecule has 0 saturated carbocycles. The lowest BCUT2D eigenvalue weighted by Crippen LogP contribution is -2.32. The summed E-state index contributed by atoms with van der Waals surface area (Å²) in [6.45, 7) is 5.18. The van der Waals surface area contributed by atoms with Crippen LogP contribution in [0.25, 0.3) is 0 Å². The van der Waals surface area contributed by atoms with Crippen LogP contribution in [0.15, 0.2) is 109 Å². The topological polar surface area (TPSA) is 24.1 Å². The quantitative estimate of drug-likeness (QED) is 0.168. The Hall–Kier alpha value is -2.59. The Morgan fingerprint density at radius 3 is 1.79 bits per heavy atom. The molecule has 4 rings (SSSR count). The highest BCUT2D eigenvalue weighted by molar-refractivity contribution is 7.78. The van der Waals surface area contributed by atoms with Crippen LogP contribution in [-0.2, 0) is 0 Å². The van der Waals surface area contributed by atoms with Crippen molar-refractivity contribution in [2.24, 2.45) is 0 Å². The van der Waals surface area contributed by atoms with Gasteiger partial charge in [0.15, 0.2) is 0 Å². The lowest BCUT2D eigenvalue weighted by Gasteiger charge is -2.28. The van der Waals surface area contributed by atoms with E-state index in [0.29, 0.717) is 0 Å². The van der Waals surface area contributed by atoms with E-state index < -0.39 is 0 Å². The van der Waals surface area contributed by atoms with Gasteiger partial charge in [0.05, 0.1) is 12.1 Å². The van der Waals surface area contributed by atoms with E-state index in [-0.39, 0.29) is 12.1 Å². The van der Waals surface area contributed by atoms with E-state index in [1.807, 2.05) is 0 Å². The Morgan fingerprint density at radius 1 is 0.735 bits per heavy atom. The summed E-state index contributed by atoms with van der Waals surface area (Å²) >= 11 is 4.44. The normalized spacial score (nSPS) is 14.5. The predicted octanol–water partition coefficient (Wildman–Crippen LogP) is 7.85. The van der Waals surface area contributed by atoms with Crippen molar-refractivity contribution in [1.82, 2.24) is 10.0 Å². The second kappa shape index (κ2) is 14.6. The van der Waals surface area contributed by atoms with Crippen molar-refractivity contribution in [3.05, 3.63) is 131 Å². The summed E-state index contributed by atoms with van der Waals surface area (Å²) in [6, 6.07) is 29.9. The van der Waals surface area contributed by atoms with Gasteiger partial charge < -0.3 is 5.32 Å². The highest BCUT2D eigenvalue weighted by Crippen LogP contribution is 2.29. The maximum atomic E-state index is 4.44. The minimum atomic E-state index is 0.110. The minimum Gasteiger partial charge on any atom is -0.308 e. The molecule has 0 bridgehead atoms. The molecule has 2 atom stereocenters. The van der Waals surface area contributed by atoms with Crippen LogP contribution in [-0.4, -0.2) is 6.54 Å². The molecule has 0 heterocycles. The predicted molar refractivity (Wildman–Crippen MR) is 150 cm³/mol. The Kier molecular flexibility index (Phi) is 11.2. The summed E-state index contributed by atoms with van der Waals surface area (Å²) < 4.78 is 3.22. The lowest BCUT2D eigenvalue weighted by molar-refractivity contribution is 0.432. The molecule has 0 amide bonds. The third-order valence-corrected chi connectivity index (χ3v) is 6.41. The molecule has 34 heavy (non-hydrogen) atoms. The summed E-state index contributed by atoms with van der Waals surface area (Å²) in [4.78, 5) is 0. The van der Waals surface area contributed by atoms with Crippen molar-refractivity contribution < 1.29 is 0 Å². The van der Waals surface area contributed by atoms with E-state index in [9.17, 15) is 0 Å². The van der Waals surface area contributed by atoms with Crippen molar-refractivity contribution in [2.45, 2.75) is 51.6 Å². The molecule has 2 unspecified atom stereocenters. The van der Waals surface area contributed by atoms with Crippen LogP contribution in [0.2, 0.25) is 0 Å². The zero-order chi connectivity index (χ0) is 24.0. The summed E-state index contributed by atoms with van der Waals surface area (Å²) in [5.74, 6) is 0. The maximum Gasteiger partial charge on any atom is 0.0614 e. The highest BCUT2D eigenvalue weighted by Gasteiger charge is 2.23. The second-order valence-corrected chi connectivity index (χ2v) is 9.15. The molecule has 0 radical (unpaired) electrons. The lowest BCUT2D eigenvalue weighted by atomic mass is 9.93. The van der Waals surface area contributed by atoms with Gasteiger partial charge in [-0.3, -0.25) is 4.72 Å². The first-order chi connectivity index (χ1) is 16.7. The average molecular weight is 471 g/mol. The van der Waals surface area contributed by atoms with Crippen LogP contribution in [0.5, 0.6) is 0 Å². The molecule has 2 nitrogen and oxygen atoms in total. The number of hydrogen-bond acceptors (Lipinski definition) is 3. The van der Waals surface area contributed by atoms with Crippen molar-refractivity contribution in [2.75, 3.05) is 6.54 Å². The Morgan fingerprint density at radius 2 is 1.29 bits per heavy atom. The zero-order valence-electron chi connectivity index (χ0n) is 20.5. The van der Waals surface area contributed by atoms with Crippen LogP contribution < -0.4 is 10.0 Å². The van der Waals surface area contributed by atoms with Crippen LogP contribution in [0.3, 0.4) is 0 Å². The van der Waals surface area contributed by atoms with Crippen molar-refractivity contribution >= 4 is 12.8 Å². The number of allylic oxidation sites excluding steroid dienone is 4. The number of thiol groups is 1. The van der Waals surface area contributed by atoms with E-state index in [2.05, 4.69) is 140 Å². The van der Waals surface area contributed by atoms with E-state index in [0.717, 1.165) is 25.8 Å². The van der Waals surface area contributed by atoms with Crippen molar-refractivity contribution in [1.29, 1.82) is 0 Å². The fraction of sp³-hybridized carbons (Fsp3) is 0.290. The number of aryl methyl sites for hydroxylation is 2. The van der Waals surface area contributed by atoms with E-state index in [1.165, 1.54) is 28.7 Å². The van der Waals surface area contributed by atoms with Gasteiger partial charge in [-0.15, -0.1) is 0 Å². The van der Waals surface area contributed by atoms with Crippen LogP contribution in [0.4, 0.5) is 0 Å². The molecule has 0 spiro atoms. The van der Waals surface area contributed by atoms with Gasteiger partial charge in [0.1, 0.15) is 0 Å². The molecule has 178 valence electrons. The molecule has 3 aromatic rings. The van der Waals surface area contributed by atoms with Crippen molar-refractivity contribution in [3.63, 3.8) is 0 Å². The molecule has 0 aliphatic heterocycles. The fourth-order valence-corrected chi connectivity index (χ4v) is 4.45. The fourth-order valence-electron chi connectivity index (χ4n) is 4.15. The molecule has 3 heteroatoms. The van der Waals surface area contributed by atoms with Gasteiger partial charge in [-0.05, 0) is 57.2 Å². The first-order valence-electron chi connectivity index (χ1n) is 12.3. The van der Waals surface area contributed by atoms with E-state index in [4.69, 9.17) is 0 Å².